The van der Waals surface area contributed by atoms with Crippen LogP contribution in [0.3, 0.4) is 0 Å². The number of hydrogen-bond donors (Lipinski definition) is 1. The Morgan fingerprint density at radius 2 is 1.12 bits per heavy atom. The quantitative estimate of drug-likeness (QED) is 0.163. The van der Waals surface area contributed by atoms with Gasteiger partial charge in [0.15, 0.2) is 0 Å². The van der Waals surface area contributed by atoms with E-state index < -0.39 is 0 Å². The monoisotopic (exact) mass is 435 g/mol. The molecule has 3 nitrogen and oxygen atoms in total. The molecule has 7 aromatic rings. The fraction of sp³-hybridized carbons (Fsp3) is 0.0323. The highest BCUT2D eigenvalue weighted by molar-refractivity contribution is 6.24. The molecule has 7 rings (SSSR count). The molecule has 2 heterocycles. The molecule has 34 heavy (non-hydrogen) atoms. The zero-order valence-corrected chi connectivity index (χ0v) is 18.7. The van der Waals surface area contributed by atoms with Crippen molar-refractivity contribution in [1.29, 1.82) is 0 Å². The summed E-state index contributed by atoms with van der Waals surface area (Å²) in [7, 11) is 0. The Hall–Kier alpha value is -4.50. The van der Waals surface area contributed by atoms with Crippen molar-refractivity contribution < 1.29 is 0 Å². The maximum absolute atomic E-state index is 6.54. The lowest BCUT2D eigenvalue weighted by Crippen LogP contribution is -1.98. The summed E-state index contributed by atoms with van der Waals surface area (Å²) in [5.41, 5.74) is 13.3. The van der Waals surface area contributed by atoms with Crippen LogP contribution in [0.25, 0.3) is 65.4 Å². The van der Waals surface area contributed by atoms with Crippen LogP contribution in [0.5, 0.6) is 0 Å². The maximum Gasteiger partial charge on any atom is 0.0828 e. The van der Waals surface area contributed by atoms with Crippen molar-refractivity contribution in [3.05, 3.63) is 103 Å². The van der Waals surface area contributed by atoms with Gasteiger partial charge in [0, 0.05) is 49.4 Å². The molecule has 0 saturated heterocycles. The molecule has 0 aliphatic carbocycles. The SMILES string of the molecule is Cc1nc2c3ccccc3ccc2c2nc3c(ccc4ccccc43)c(-c3ccccc3N)c12. The van der Waals surface area contributed by atoms with Gasteiger partial charge in [-0.1, -0.05) is 84.9 Å². The van der Waals surface area contributed by atoms with Gasteiger partial charge in [-0.15, -0.1) is 0 Å². The summed E-state index contributed by atoms with van der Waals surface area (Å²) in [6.07, 6.45) is 0. The molecule has 0 aliphatic heterocycles. The van der Waals surface area contributed by atoms with E-state index in [0.717, 1.165) is 66.0 Å². The van der Waals surface area contributed by atoms with Crippen LogP contribution in [0.4, 0.5) is 5.69 Å². The topological polar surface area (TPSA) is 51.8 Å². The molecule has 2 N–H and O–H groups in total. The van der Waals surface area contributed by atoms with Crippen molar-refractivity contribution in [2.75, 3.05) is 5.73 Å². The largest absolute Gasteiger partial charge is 0.398 e. The Kier molecular flexibility index (Phi) is 3.91. The summed E-state index contributed by atoms with van der Waals surface area (Å²) in [6, 6.07) is 33.6. The van der Waals surface area contributed by atoms with Crippen LogP contribution >= 0.6 is 0 Å². The van der Waals surface area contributed by atoms with E-state index in [0.29, 0.717) is 0 Å². The van der Waals surface area contributed by atoms with Crippen molar-refractivity contribution in [2.24, 2.45) is 0 Å². The van der Waals surface area contributed by atoms with Crippen molar-refractivity contribution in [2.45, 2.75) is 6.92 Å². The molecule has 5 aromatic carbocycles. The first-order valence-corrected chi connectivity index (χ1v) is 11.5. The van der Waals surface area contributed by atoms with Gasteiger partial charge in [0.25, 0.3) is 0 Å². The van der Waals surface area contributed by atoms with Crippen LogP contribution in [-0.2, 0) is 0 Å². The number of para-hydroxylation sites is 1. The van der Waals surface area contributed by atoms with E-state index in [-0.39, 0.29) is 0 Å². The third-order valence-electron chi connectivity index (χ3n) is 6.91. The molecule has 3 heteroatoms. The minimum atomic E-state index is 0.752. The van der Waals surface area contributed by atoms with Crippen LogP contribution in [0, 0.1) is 6.92 Å². The number of pyridine rings is 2. The summed E-state index contributed by atoms with van der Waals surface area (Å²) in [6.45, 7) is 2.08. The van der Waals surface area contributed by atoms with Crippen molar-refractivity contribution in [3.63, 3.8) is 0 Å². The molecule has 0 unspecified atom stereocenters. The van der Waals surface area contributed by atoms with Gasteiger partial charge in [0.05, 0.1) is 16.6 Å². The zero-order chi connectivity index (χ0) is 22.8. The van der Waals surface area contributed by atoms with Gasteiger partial charge in [0.2, 0.25) is 0 Å². The summed E-state index contributed by atoms with van der Waals surface area (Å²) in [5, 5.41) is 7.85. The number of rotatable bonds is 1. The van der Waals surface area contributed by atoms with Crippen LogP contribution in [0.2, 0.25) is 0 Å². The number of benzene rings is 5. The van der Waals surface area contributed by atoms with Gasteiger partial charge in [-0.25, -0.2) is 4.98 Å². The normalized spacial score (nSPS) is 11.8. The van der Waals surface area contributed by atoms with Crippen LogP contribution in [-0.4, -0.2) is 9.97 Å². The second-order valence-electron chi connectivity index (χ2n) is 8.86. The van der Waals surface area contributed by atoms with Crippen LogP contribution in [0.1, 0.15) is 5.69 Å². The Balaban J connectivity index is 1.79. The van der Waals surface area contributed by atoms with Crippen LogP contribution in [0.15, 0.2) is 97.1 Å². The number of aromatic nitrogens is 2. The second kappa shape index (κ2) is 7.00. The molecular weight excluding hydrogens is 414 g/mol. The minimum Gasteiger partial charge on any atom is -0.398 e. The molecule has 0 saturated carbocycles. The van der Waals surface area contributed by atoms with Crippen molar-refractivity contribution >= 4 is 59.9 Å². The molecule has 160 valence electrons. The Morgan fingerprint density at radius 1 is 0.529 bits per heavy atom. The first kappa shape index (κ1) is 19.0. The predicted molar refractivity (Wildman–Crippen MR) is 144 cm³/mol. The first-order valence-electron chi connectivity index (χ1n) is 11.5. The number of nitrogens with two attached hydrogens (primary N) is 1. The van der Waals surface area contributed by atoms with E-state index in [1.165, 1.54) is 10.8 Å². The van der Waals surface area contributed by atoms with E-state index >= 15 is 0 Å². The Labute approximate surface area is 196 Å². The molecule has 0 spiro atoms. The van der Waals surface area contributed by atoms with E-state index in [4.69, 9.17) is 15.7 Å². The lowest BCUT2D eigenvalue weighted by Gasteiger charge is -2.17. The van der Waals surface area contributed by atoms with Gasteiger partial charge in [-0.3, -0.25) is 4.98 Å². The van der Waals surface area contributed by atoms with E-state index in [2.05, 4.69) is 85.8 Å². The van der Waals surface area contributed by atoms with Crippen molar-refractivity contribution in [3.8, 4) is 11.1 Å². The average Bonchev–Trinajstić information content (AvgIpc) is 2.88. The highest BCUT2D eigenvalue weighted by atomic mass is 14.8. The number of aryl methyl sites for hydroxylation is 1. The first-order chi connectivity index (χ1) is 16.7. The highest BCUT2D eigenvalue weighted by Gasteiger charge is 2.19. The lowest BCUT2D eigenvalue weighted by atomic mass is 9.91. The third-order valence-corrected chi connectivity index (χ3v) is 6.91. The second-order valence-corrected chi connectivity index (χ2v) is 8.86. The molecule has 0 bridgehead atoms. The molecular formula is C31H21N3. The van der Waals surface area contributed by atoms with Crippen molar-refractivity contribution in [1.82, 2.24) is 9.97 Å². The maximum atomic E-state index is 6.54. The standard InChI is InChI=1S/C31H21N3/c1-18-27-28(23-12-6-7-13-26(23)32)24-16-14-19-8-2-4-10-21(19)29(24)34-31(27)25-17-15-20-9-3-5-11-22(20)30(25)33-18/h2-17H,32H2,1H3. The number of fused-ring (bicyclic) bond motifs is 8. The number of anilines is 1. The van der Waals surface area contributed by atoms with E-state index in [9.17, 15) is 0 Å². The van der Waals surface area contributed by atoms with Gasteiger partial charge >= 0.3 is 0 Å². The average molecular weight is 436 g/mol. The third kappa shape index (κ3) is 2.58. The Morgan fingerprint density at radius 3 is 1.82 bits per heavy atom. The molecule has 0 amide bonds. The lowest BCUT2D eigenvalue weighted by molar-refractivity contribution is 1.29. The minimum absolute atomic E-state index is 0.752. The van der Waals surface area contributed by atoms with E-state index in [1.54, 1.807) is 0 Å². The number of nitrogen functional groups attached to an aromatic ring is 1. The molecule has 2 aromatic heterocycles. The Bertz CT molecular complexity index is 1940. The number of hydrogen-bond acceptors (Lipinski definition) is 3. The van der Waals surface area contributed by atoms with Crippen LogP contribution < -0.4 is 5.73 Å². The summed E-state index contributed by atoms with van der Waals surface area (Å²) in [5.74, 6) is 0. The predicted octanol–water partition coefficient (Wildman–Crippen LogP) is 7.80. The zero-order valence-electron chi connectivity index (χ0n) is 18.7. The smallest absolute Gasteiger partial charge is 0.0828 e. The molecule has 0 aliphatic rings. The van der Waals surface area contributed by atoms with Gasteiger partial charge in [0.1, 0.15) is 0 Å². The van der Waals surface area contributed by atoms with Gasteiger partial charge < -0.3 is 5.73 Å². The molecule has 0 atom stereocenters. The van der Waals surface area contributed by atoms with Gasteiger partial charge in [-0.05, 0) is 29.8 Å². The summed E-state index contributed by atoms with van der Waals surface area (Å²) in [4.78, 5) is 10.5. The fourth-order valence-corrected chi connectivity index (χ4v) is 5.34. The fourth-order valence-electron chi connectivity index (χ4n) is 5.34. The molecule has 0 fully saturated rings. The highest BCUT2D eigenvalue weighted by Crippen LogP contribution is 2.42. The van der Waals surface area contributed by atoms with E-state index in [1.807, 2.05) is 18.2 Å². The number of nitrogens with zero attached hydrogens (tertiary/aromatic N) is 2. The summed E-state index contributed by atoms with van der Waals surface area (Å²) >= 11 is 0. The molecule has 0 radical (unpaired) electrons. The van der Waals surface area contributed by atoms with Gasteiger partial charge in [-0.2, -0.15) is 0 Å². The summed E-state index contributed by atoms with van der Waals surface area (Å²) < 4.78 is 0.